The van der Waals surface area contributed by atoms with E-state index in [-0.39, 0.29) is 12.5 Å². The highest BCUT2D eigenvalue weighted by molar-refractivity contribution is 9.10. The minimum Gasteiger partial charge on any atom is -0.484 e. The van der Waals surface area contributed by atoms with Crippen molar-refractivity contribution in [2.75, 3.05) is 6.61 Å². The van der Waals surface area contributed by atoms with Crippen molar-refractivity contribution in [3.8, 4) is 5.75 Å². The van der Waals surface area contributed by atoms with Crippen LogP contribution >= 0.6 is 15.9 Å². The smallest absolute Gasteiger partial charge is 0.258 e. The molecule has 1 amide bonds. The van der Waals surface area contributed by atoms with Crippen LogP contribution in [0.1, 0.15) is 11.1 Å². The first-order chi connectivity index (χ1) is 9.65. The van der Waals surface area contributed by atoms with E-state index in [0.717, 1.165) is 15.6 Å². The SMILES string of the molecule is Cc1cc(OCC(=O)NCc2ccccc2)ccc1Br. The zero-order chi connectivity index (χ0) is 14.4. The normalized spacial score (nSPS) is 10.1. The fourth-order valence-electron chi connectivity index (χ4n) is 1.70. The van der Waals surface area contributed by atoms with E-state index in [1.54, 1.807) is 0 Å². The molecule has 2 rings (SSSR count). The second-order valence-electron chi connectivity index (χ2n) is 4.46. The van der Waals surface area contributed by atoms with E-state index in [4.69, 9.17) is 4.74 Å². The van der Waals surface area contributed by atoms with Crippen molar-refractivity contribution >= 4 is 21.8 Å². The van der Waals surface area contributed by atoms with E-state index in [0.29, 0.717) is 12.3 Å². The zero-order valence-corrected chi connectivity index (χ0v) is 12.8. The number of ether oxygens (including phenoxy) is 1. The molecular weight excluding hydrogens is 318 g/mol. The van der Waals surface area contributed by atoms with Crippen LogP contribution < -0.4 is 10.1 Å². The molecule has 20 heavy (non-hydrogen) atoms. The van der Waals surface area contributed by atoms with E-state index in [9.17, 15) is 4.79 Å². The van der Waals surface area contributed by atoms with Crippen molar-refractivity contribution in [3.63, 3.8) is 0 Å². The molecule has 0 radical (unpaired) electrons. The number of hydrogen-bond donors (Lipinski definition) is 1. The van der Waals surface area contributed by atoms with Crippen LogP contribution in [0.4, 0.5) is 0 Å². The molecule has 0 aliphatic carbocycles. The Hall–Kier alpha value is -1.81. The molecule has 0 aliphatic rings. The molecule has 0 saturated heterocycles. The Kier molecular flexibility index (Phi) is 5.18. The first-order valence-corrected chi connectivity index (χ1v) is 7.14. The molecule has 0 bridgehead atoms. The highest BCUT2D eigenvalue weighted by Crippen LogP contribution is 2.21. The predicted molar refractivity (Wildman–Crippen MR) is 82.7 cm³/mol. The van der Waals surface area contributed by atoms with Crippen molar-refractivity contribution in [1.29, 1.82) is 0 Å². The number of carbonyl (C=O) groups excluding carboxylic acids is 1. The fourth-order valence-corrected chi connectivity index (χ4v) is 1.95. The quantitative estimate of drug-likeness (QED) is 0.910. The van der Waals surface area contributed by atoms with Gasteiger partial charge in [0.2, 0.25) is 0 Å². The van der Waals surface area contributed by atoms with Gasteiger partial charge in [-0.15, -0.1) is 0 Å². The molecule has 2 aromatic carbocycles. The van der Waals surface area contributed by atoms with Gasteiger partial charge in [0.25, 0.3) is 5.91 Å². The molecular formula is C16H16BrNO2. The van der Waals surface area contributed by atoms with Gasteiger partial charge in [0.15, 0.2) is 6.61 Å². The van der Waals surface area contributed by atoms with Gasteiger partial charge < -0.3 is 10.1 Å². The maximum absolute atomic E-state index is 11.7. The van der Waals surface area contributed by atoms with Crippen LogP contribution in [0.15, 0.2) is 53.0 Å². The molecule has 0 saturated carbocycles. The maximum atomic E-state index is 11.7. The lowest BCUT2D eigenvalue weighted by Crippen LogP contribution is -2.28. The van der Waals surface area contributed by atoms with Gasteiger partial charge in [-0.1, -0.05) is 46.3 Å². The van der Waals surface area contributed by atoms with Crippen LogP contribution in [0.25, 0.3) is 0 Å². The number of aryl methyl sites for hydroxylation is 1. The van der Waals surface area contributed by atoms with Crippen molar-refractivity contribution in [1.82, 2.24) is 5.32 Å². The summed E-state index contributed by atoms with van der Waals surface area (Å²) in [5.74, 6) is 0.565. The van der Waals surface area contributed by atoms with E-state index in [1.807, 2.05) is 55.5 Å². The lowest BCUT2D eigenvalue weighted by atomic mass is 10.2. The van der Waals surface area contributed by atoms with Gasteiger partial charge in [-0.3, -0.25) is 4.79 Å². The Morgan fingerprint density at radius 1 is 1.20 bits per heavy atom. The van der Waals surface area contributed by atoms with Crippen molar-refractivity contribution in [2.45, 2.75) is 13.5 Å². The maximum Gasteiger partial charge on any atom is 0.258 e. The number of amides is 1. The minimum atomic E-state index is -0.130. The molecule has 104 valence electrons. The van der Waals surface area contributed by atoms with Gasteiger partial charge in [0.05, 0.1) is 0 Å². The van der Waals surface area contributed by atoms with Crippen molar-refractivity contribution in [2.24, 2.45) is 0 Å². The highest BCUT2D eigenvalue weighted by atomic mass is 79.9. The summed E-state index contributed by atoms with van der Waals surface area (Å²) in [6.07, 6.45) is 0. The Morgan fingerprint density at radius 2 is 1.95 bits per heavy atom. The van der Waals surface area contributed by atoms with Gasteiger partial charge in [-0.2, -0.15) is 0 Å². The largest absolute Gasteiger partial charge is 0.484 e. The number of nitrogens with one attached hydrogen (secondary N) is 1. The average molecular weight is 334 g/mol. The van der Waals surface area contributed by atoms with Crippen LogP contribution in [0, 0.1) is 6.92 Å². The number of hydrogen-bond acceptors (Lipinski definition) is 2. The number of carbonyl (C=O) groups is 1. The summed E-state index contributed by atoms with van der Waals surface area (Å²) >= 11 is 3.43. The molecule has 2 aromatic rings. The molecule has 1 N–H and O–H groups in total. The molecule has 0 atom stereocenters. The lowest BCUT2D eigenvalue weighted by molar-refractivity contribution is -0.123. The molecule has 3 nitrogen and oxygen atoms in total. The fraction of sp³-hybridized carbons (Fsp3) is 0.188. The van der Waals surface area contributed by atoms with Gasteiger partial charge in [-0.05, 0) is 36.2 Å². The number of benzene rings is 2. The summed E-state index contributed by atoms with van der Waals surface area (Å²) in [5, 5.41) is 2.82. The molecule has 4 heteroatoms. The van der Waals surface area contributed by atoms with Crippen LogP contribution in [0.5, 0.6) is 5.75 Å². The van der Waals surface area contributed by atoms with E-state index < -0.39 is 0 Å². The second kappa shape index (κ2) is 7.10. The van der Waals surface area contributed by atoms with Crippen LogP contribution in [-0.4, -0.2) is 12.5 Å². The Morgan fingerprint density at radius 3 is 2.65 bits per heavy atom. The van der Waals surface area contributed by atoms with Crippen LogP contribution in [-0.2, 0) is 11.3 Å². The first-order valence-electron chi connectivity index (χ1n) is 6.35. The van der Waals surface area contributed by atoms with Gasteiger partial charge in [0.1, 0.15) is 5.75 Å². The van der Waals surface area contributed by atoms with Crippen LogP contribution in [0.2, 0.25) is 0 Å². The molecule has 0 aliphatic heterocycles. The third kappa shape index (κ3) is 4.38. The summed E-state index contributed by atoms with van der Waals surface area (Å²) in [5.41, 5.74) is 2.15. The summed E-state index contributed by atoms with van der Waals surface area (Å²) in [4.78, 5) is 11.7. The summed E-state index contributed by atoms with van der Waals surface area (Å²) in [6.45, 7) is 2.52. The lowest BCUT2D eigenvalue weighted by Gasteiger charge is -2.08. The average Bonchev–Trinajstić information content (AvgIpc) is 2.47. The summed E-state index contributed by atoms with van der Waals surface area (Å²) < 4.78 is 6.49. The molecule has 0 unspecified atom stereocenters. The van der Waals surface area contributed by atoms with Crippen molar-refractivity contribution < 1.29 is 9.53 Å². The zero-order valence-electron chi connectivity index (χ0n) is 11.2. The van der Waals surface area contributed by atoms with Crippen LogP contribution in [0.3, 0.4) is 0 Å². The third-order valence-electron chi connectivity index (χ3n) is 2.83. The number of rotatable bonds is 5. The Labute approximate surface area is 127 Å². The third-order valence-corrected chi connectivity index (χ3v) is 3.72. The standard InChI is InChI=1S/C16H16BrNO2/c1-12-9-14(7-8-15(12)17)20-11-16(19)18-10-13-5-3-2-4-6-13/h2-9H,10-11H2,1H3,(H,18,19). The Bertz CT molecular complexity index is 584. The minimum absolute atomic E-state index is 0.0217. The van der Waals surface area contributed by atoms with Gasteiger partial charge >= 0.3 is 0 Å². The van der Waals surface area contributed by atoms with E-state index >= 15 is 0 Å². The van der Waals surface area contributed by atoms with E-state index in [2.05, 4.69) is 21.2 Å². The molecule has 0 aromatic heterocycles. The first kappa shape index (κ1) is 14.6. The highest BCUT2D eigenvalue weighted by Gasteiger charge is 2.04. The van der Waals surface area contributed by atoms with E-state index in [1.165, 1.54) is 0 Å². The van der Waals surface area contributed by atoms with Gasteiger partial charge in [-0.25, -0.2) is 0 Å². The topological polar surface area (TPSA) is 38.3 Å². The second-order valence-corrected chi connectivity index (χ2v) is 5.32. The molecule has 0 fully saturated rings. The molecule has 0 spiro atoms. The predicted octanol–water partition coefficient (Wildman–Crippen LogP) is 3.45. The summed E-state index contributed by atoms with van der Waals surface area (Å²) in [7, 11) is 0. The Balaban J connectivity index is 1.79. The van der Waals surface area contributed by atoms with Gasteiger partial charge in [0, 0.05) is 11.0 Å². The summed E-state index contributed by atoms with van der Waals surface area (Å²) in [6, 6.07) is 15.4. The molecule has 0 heterocycles. The number of halogens is 1. The monoisotopic (exact) mass is 333 g/mol. The van der Waals surface area contributed by atoms with Crippen molar-refractivity contribution in [3.05, 3.63) is 64.1 Å².